The molecule has 1 N–H and O–H groups in total. The van der Waals surface area contributed by atoms with Gasteiger partial charge < -0.3 is 10.1 Å². The van der Waals surface area contributed by atoms with E-state index in [1.54, 1.807) is 0 Å². The topological polar surface area (TPSA) is 33.6 Å². The highest BCUT2D eigenvalue weighted by molar-refractivity contribution is 8.13. The number of rotatable bonds is 1. The van der Waals surface area contributed by atoms with Gasteiger partial charge in [0.2, 0.25) is 0 Å². The van der Waals surface area contributed by atoms with Crippen LogP contribution in [0.1, 0.15) is 27.2 Å². The first-order valence-corrected chi connectivity index (χ1v) is 6.61. The minimum Gasteiger partial charge on any atom is -0.376 e. The van der Waals surface area contributed by atoms with E-state index in [2.05, 4.69) is 31.1 Å². The molecule has 2 aliphatic rings. The molecule has 2 aliphatic heterocycles. The molecule has 0 aromatic carbocycles. The third kappa shape index (κ3) is 2.88. The van der Waals surface area contributed by atoms with Crippen LogP contribution in [-0.4, -0.2) is 36.2 Å². The van der Waals surface area contributed by atoms with E-state index in [0.29, 0.717) is 17.6 Å². The molecular formula is C11H20N2OS. The summed E-state index contributed by atoms with van der Waals surface area (Å²) in [5, 5.41) is 4.60. The molecule has 2 unspecified atom stereocenters. The van der Waals surface area contributed by atoms with Gasteiger partial charge in [-0.3, -0.25) is 4.99 Å². The summed E-state index contributed by atoms with van der Waals surface area (Å²) in [5.74, 6) is 1.15. The average Bonchev–Trinajstić information content (AvgIpc) is 2.56. The van der Waals surface area contributed by atoms with Crippen LogP contribution in [0.25, 0.3) is 0 Å². The van der Waals surface area contributed by atoms with Gasteiger partial charge >= 0.3 is 0 Å². The van der Waals surface area contributed by atoms with Crippen LogP contribution in [0.5, 0.6) is 0 Å². The molecule has 0 saturated carbocycles. The number of thioether (sulfide) groups is 1. The number of hydrogen-bond donors (Lipinski definition) is 1. The van der Waals surface area contributed by atoms with Crippen molar-refractivity contribution in [2.24, 2.45) is 10.4 Å². The first kappa shape index (κ1) is 11.3. The standard InChI is InChI=1S/C11H20N2OS/c1-8-9(4-5-14-8)13-10-12-6-11(2,3)7-15-10/h8-9H,4-7H2,1-3H3,(H,12,13). The maximum Gasteiger partial charge on any atom is 0.156 e. The van der Waals surface area contributed by atoms with E-state index in [1.807, 2.05) is 11.8 Å². The fourth-order valence-corrected chi connectivity index (χ4v) is 2.82. The maximum atomic E-state index is 5.52. The van der Waals surface area contributed by atoms with E-state index < -0.39 is 0 Å². The molecule has 1 fully saturated rings. The van der Waals surface area contributed by atoms with Gasteiger partial charge in [-0.25, -0.2) is 0 Å². The second-order valence-corrected chi connectivity index (χ2v) is 6.15. The van der Waals surface area contributed by atoms with Gasteiger partial charge in [-0.1, -0.05) is 25.6 Å². The highest BCUT2D eigenvalue weighted by Crippen LogP contribution is 2.27. The van der Waals surface area contributed by atoms with Crippen LogP contribution < -0.4 is 5.32 Å². The van der Waals surface area contributed by atoms with Crippen LogP contribution in [-0.2, 0) is 4.74 Å². The molecule has 86 valence electrons. The Morgan fingerprint density at radius 1 is 1.53 bits per heavy atom. The molecule has 15 heavy (non-hydrogen) atoms. The smallest absolute Gasteiger partial charge is 0.156 e. The molecule has 2 atom stereocenters. The number of hydrogen-bond acceptors (Lipinski definition) is 4. The van der Waals surface area contributed by atoms with Gasteiger partial charge in [0.15, 0.2) is 5.17 Å². The number of ether oxygens (including phenoxy) is 1. The molecule has 2 heterocycles. The van der Waals surface area contributed by atoms with Crippen molar-refractivity contribution in [2.75, 3.05) is 18.9 Å². The number of aliphatic imine (C=N–C) groups is 1. The summed E-state index contributed by atoms with van der Waals surface area (Å²) in [6, 6.07) is 0.456. The van der Waals surface area contributed by atoms with E-state index >= 15 is 0 Å². The fraction of sp³-hybridized carbons (Fsp3) is 0.909. The SMILES string of the molecule is CC1OCCC1NC1=NCC(C)(C)CS1. The fourth-order valence-electron chi connectivity index (χ4n) is 1.81. The van der Waals surface area contributed by atoms with Gasteiger partial charge in [0, 0.05) is 18.9 Å². The lowest BCUT2D eigenvalue weighted by Gasteiger charge is -2.29. The number of nitrogens with one attached hydrogen (secondary N) is 1. The highest BCUT2D eigenvalue weighted by atomic mass is 32.2. The Kier molecular flexibility index (Phi) is 3.26. The van der Waals surface area contributed by atoms with Crippen molar-refractivity contribution in [1.29, 1.82) is 0 Å². The van der Waals surface area contributed by atoms with E-state index in [-0.39, 0.29) is 0 Å². The van der Waals surface area contributed by atoms with E-state index in [1.165, 1.54) is 0 Å². The third-order valence-electron chi connectivity index (χ3n) is 2.94. The zero-order chi connectivity index (χ0) is 10.9. The van der Waals surface area contributed by atoms with Crippen molar-refractivity contribution in [1.82, 2.24) is 5.32 Å². The van der Waals surface area contributed by atoms with Crippen molar-refractivity contribution >= 4 is 16.9 Å². The van der Waals surface area contributed by atoms with Crippen LogP contribution in [0.3, 0.4) is 0 Å². The van der Waals surface area contributed by atoms with Crippen molar-refractivity contribution < 1.29 is 4.74 Å². The Hall–Kier alpha value is -0.220. The summed E-state index contributed by atoms with van der Waals surface area (Å²) in [7, 11) is 0. The highest BCUT2D eigenvalue weighted by Gasteiger charge is 2.28. The van der Waals surface area contributed by atoms with Crippen LogP contribution >= 0.6 is 11.8 Å². The summed E-state index contributed by atoms with van der Waals surface area (Å²) in [6.07, 6.45) is 1.42. The van der Waals surface area contributed by atoms with Gasteiger partial charge in [-0.05, 0) is 18.8 Å². The van der Waals surface area contributed by atoms with Crippen molar-refractivity contribution in [3.05, 3.63) is 0 Å². The predicted molar refractivity (Wildman–Crippen MR) is 65.5 cm³/mol. The molecule has 1 saturated heterocycles. The lowest BCUT2D eigenvalue weighted by molar-refractivity contribution is 0.116. The van der Waals surface area contributed by atoms with Crippen molar-refractivity contribution in [2.45, 2.75) is 39.3 Å². The normalized spacial score (nSPS) is 35.0. The van der Waals surface area contributed by atoms with Gasteiger partial charge in [0.1, 0.15) is 0 Å². The number of amidine groups is 1. The zero-order valence-corrected chi connectivity index (χ0v) is 10.6. The van der Waals surface area contributed by atoms with Crippen molar-refractivity contribution in [3.8, 4) is 0 Å². The molecule has 0 spiro atoms. The minimum atomic E-state index is 0.322. The Bertz CT molecular complexity index is 265. The van der Waals surface area contributed by atoms with Crippen LogP contribution in [0.15, 0.2) is 4.99 Å². The molecule has 2 rings (SSSR count). The summed E-state index contributed by atoms with van der Waals surface area (Å²) in [4.78, 5) is 4.59. The summed E-state index contributed by atoms with van der Waals surface area (Å²) in [6.45, 7) is 8.47. The van der Waals surface area contributed by atoms with E-state index in [9.17, 15) is 0 Å². The monoisotopic (exact) mass is 228 g/mol. The molecular weight excluding hydrogens is 208 g/mol. The predicted octanol–water partition coefficient (Wildman–Crippen LogP) is 1.88. The molecule has 0 aliphatic carbocycles. The Morgan fingerprint density at radius 2 is 2.33 bits per heavy atom. The molecule has 0 radical (unpaired) electrons. The van der Waals surface area contributed by atoms with Gasteiger partial charge in [0.25, 0.3) is 0 Å². The van der Waals surface area contributed by atoms with Gasteiger partial charge in [0.05, 0.1) is 12.1 Å². The van der Waals surface area contributed by atoms with Crippen LogP contribution in [0, 0.1) is 5.41 Å². The first-order valence-electron chi connectivity index (χ1n) is 5.62. The summed E-state index contributed by atoms with van der Waals surface area (Å²) >= 11 is 1.84. The summed E-state index contributed by atoms with van der Waals surface area (Å²) < 4.78 is 5.52. The molecule has 0 aromatic heterocycles. The van der Waals surface area contributed by atoms with Gasteiger partial charge in [-0.2, -0.15) is 0 Å². The molecule has 3 nitrogen and oxygen atoms in total. The lowest BCUT2D eigenvalue weighted by atomic mass is 9.97. The second kappa shape index (κ2) is 4.34. The van der Waals surface area contributed by atoms with Crippen LogP contribution in [0.2, 0.25) is 0 Å². The lowest BCUT2D eigenvalue weighted by Crippen LogP contribution is -2.40. The number of nitrogens with zero attached hydrogens (tertiary/aromatic N) is 1. The van der Waals surface area contributed by atoms with Gasteiger partial charge in [-0.15, -0.1) is 0 Å². The molecule has 0 amide bonds. The van der Waals surface area contributed by atoms with Crippen LogP contribution in [0.4, 0.5) is 0 Å². The Balaban J connectivity index is 1.88. The minimum absolute atomic E-state index is 0.322. The molecule has 0 aromatic rings. The maximum absolute atomic E-state index is 5.52. The van der Waals surface area contributed by atoms with E-state index in [0.717, 1.165) is 30.5 Å². The first-order chi connectivity index (χ1) is 7.07. The summed E-state index contributed by atoms with van der Waals surface area (Å²) in [5.41, 5.74) is 0.355. The van der Waals surface area contributed by atoms with Crippen molar-refractivity contribution in [3.63, 3.8) is 0 Å². The third-order valence-corrected chi connectivity index (χ3v) is 4.38. The largest absolute Gasteiger partial charge is 0.376 e. The quantitative estimate of drug-likeness (QED) is 0.744. The second-order valence-electron chi connectivity index (χ2n) is 5.19. The molecule has 4 heteroatoms. The Morgan fingerprint density at radius 3 is 2.87 bits per heavy atom. The Labute approximate surface area is 96.1 Å². The van der Waals surface area contributed by atoms with E-state index in [4.69, 9.17) is 4.74 Å². The average molecular weight is 228 g/mol. The molecule has 0 bridgehead atoms. The zero-order valence-electron chi connectivity index (χ0n) is 9.75.